The van der Waals surface area contributed by atoms with Gasteiger partial charge in [-0.15, -0.1) is 11.3 Å². The summed E-state index contributed by atoms with van der Waals surface area (Å²) in [7, 11) is 1.76. The summed E-state index contributed by atoms with van der Waals surface area (Å²) in [5.41, 5.74) is 4.40. The molecular formula is C21H22N4O2S2. The zero-order chi connectivity index (χ0) is 20.5. The number of benzene rings is 1. The first-order chi connectivity index (χ1) is 14.0. The van der Waals surface area contributed by atoms with E-state index in [0.29, 0.717) is 22.2 Å². The summed E-state index contributed by atoms with van der Waals surface area (Å²) in [6.07, 6.45) is 1.77. The van der Waals surface area contributed by atoms with E-state index in [0.717, 1.165) is 34.6 Å². The van der Waals surface area contributed by atoms with Crippen LogP contribution in [0.2, 0.25) is 0 Å². The van der Waals surface area contributed by atoms with Crippen molar-refractivity contribution in [3.8, 4) is 11.1 Å². The monoisotopic (exact) mass is 426 g/mol. The molecule has 29 heavy (non-hydrogen) atoms. The predicted molar refractivity (Wildman–Crippen MR) is 118 cm³/mol. The van der Waals surface area contributed by atoms with Crippen LogP contribution in [0.5, 0.6) is 0 Å². The average molecular weight is 427 g/mol. The van der Waals surface area contributed by atoms with E-state index in [1.165, 1.54) is 34.2 Å². The van der Waals surface area contributed by atoms with E-state index in [1.54, 1.807) is 11.6 Å². The van der Waals surface area contributed by atoms with Crippen molar-refractivity contribution in [1.82, 2.24) is 19.7 Å². The van der Waals surface area contributed by atoms with Gasteiger partial charge in [-0.2, -0.15) is 4.98 Å². The highest BCUT2D eigenvalue weighted by Crippen LogP contribution is 2.33. The van der Waals surface area contributed by atoms with E-state index in [9.17, 15) is 4.79 Å². The molecule has 6 nitrogen and oxygen atoms in total. The van der Waals surface area contributed by atoms with Crippen LogP contribution >= 0.6 is 23.1 Å². The maximum Gasteiger partial charge on any atom is 0.263 e. The third-order valence-electron chi connectivity index (χ3n) is 4.90. The molecule has 0 N–H and O–H groups in total. The zero-order valence-electron chi connectivity index (χ0n) is 16.9. The molecule has 0 aliphatic rings. The zero-order valence-corrected chi connectivity index (χ0v) is 18.5. The van der Waals surface area contributed by atoms with Gasteiger partial charge in [0.2, 0.25) is 5.89 Å². The summed E-state index contributed by atoms with van der Waals surface area (Å²) in [5, 5.41) is 7.31. The second-order valence-corrected chi connectivity index (χ2v) is 8.83. The van der Waals surface area contributed by atoms with E-state index in [-0.39, 0.29) is 5.56 Å². The van der Waals surface area contributed by atoms with Gasteiger partial charge in [0.05, 0.1) is 11.1 Å². The van der Waals surface area contributed by atoms with E-state index in [2.05, 4.69) is 49.1 Å². The number of thioether (sulfide) groups is 1. The van der Waals surface area contributed by atoms with Crippen molar-refractivity contribution >= 4 is 33.3 Å². The molecule has 0 aliphatic carbocycles. The van der Waals surface area contributed by atoms with Crippen molar-refractivity contribution in [2.45, 2.75) is 44.5 Å². The number of thiophene rings is 1. The standard InChI is InChI=1S/C21H22N4O2S2/c1-5-6-16-22-17(27-24-16)11-29-21-23-19-18(20(26)25(21)4)15(10-28-19)14-8-7-12(2)13(3)9-14/h7-10H,5-6,11H2,1-4H3. The summed E-state index contributed by atoms with van der Waals surface area (Å²) in [5.74, 6) is 1.75. The van der Waals surface area contributed by atoms with Crippen LogP contribution in [-0.2, 0) is 19.2 Å². The van der Waals surface area contributed by atoms with Gasteiger partial charge in [0.15, 0.2) is 11.0 Å². The number of rotatable bonds is 6. The molecule has 0 bridgehead atoms. The minimum absolute atomic E-state index is 0.0378. The molecule has 0 radical (unpaired) electrons. The van der Waals surface area contributed by atoms with E-state index < -0.39 is 0 Å². The number of aryl methyl sites for hydroxylation is 3. The van der Waals surface area contributed by atoms with Gasteiger partial charge >= 0.3 is 0 Å². The molecule has 0 spiro atoms. The maximum absolute atomic E-state index is 13.1. The van der Waals surface area contributed by atoms with Gasteiger partial charge in [-0.3, -0.25) is 9.36 Å². The van der Waals surface area contributed by atoms with Gasteiger partial charge in [-0.25, -0.2) is 4.98 Å². The molecule has 0 amide bonds. The smallest absolute Gasteiger partial charge is 0.263 e. The van der Waals surface area contributed by atoms with Crippen molar-refractivity contribution in [3.63, 3.8) is 0 Å². The van der Waals surface area contributed by atoms with Crippen molar-refractivity contribution in [1.29, 1.82) is 0 Å². The summed E-state index contributed by atoms with van der Waals surface area (Å²) in [6, 6.07) is 6.28. The van der Waals surface area contributed by atoms with Crippen molar-refractivity contribution in [3.05, 3.63) is 56.8 Å². The fraction of sp³-hybridized carbons (Fsp3) is 0.333. The lowest BCUT2D eigenvalue weighted by molar-refractivity contribution is 0.384. The fourth-order valence-corrected chi connectivity index (χ4v) is 4.90. The van der Waals surface area contributed by atoms with Gasteiger partial charge in [0.1, 0.15) is 4.83 Å². The molecule has 8 heteroatoms. The quantitative estimate of drug-likeness (QED) is 0.322. The molecule has 1 aromatic carbocycles. The molecule has 4 rings (SSSR count). The SMILES string of the molecule is CCCc1noc(CSc2nc3scc(-c4ccc(C)c(C)c4)c3c(=O)n2C)n1. The van der Waals surface area contributed by atoms with Crippen LogP contribution in [0.4, 0.5) is 0 Å². The number of hydrogen-bond donors (Lipinski definition) is 0. The molecule has 3 aromatic heterocycles. The molecule has 0 saturated heterocycles. The van der Waals surface area contributed by atoms with Crippen LogP contribution in [0.3, 0.4) is 0 Å². The Hall–Kier alpha value is -2.45. The Labute approximate surface area is 177 Å². The highest BCUT2D eigenvalue weighted by atomic mass is 32.2. The third-order valence-corrected chi connectivity index (χ3v) is 6.79. The van der Waals surface area contributed by atoms with Gasteiger partial charge in [0, 0.05) is 24.4 Å². The van der Waals surface area contributed by atoms with Crippen molar-refractivity contribution < 1.29 is 4.52 Å². The molecule has 4 aromatic rings. The Kier molecular flexibility index (Phi) is 5.56. The largest absolute Gasteiger partial charge is 0.338 e. The lowest BCUT2D eigenvalue weighted by Gasteiger charge is -2.08. The summed E-state index contributed by atoms with van der Waals surface area (Å²) in [6.45, 7) is 6.25. The summed E-state index contributed by atoms with van der Waals surface area (Å²) < 4.78 is 6.89. The Morgan fingerprint density at radius 1 is 1.21 bits per heavy atom. The molecule has 3 heterocycles. The molecule has 0 unspecified atom stereocenters. The topological polar surface area (TPSA) is 73.8 Å². The van der Waals surface area contributed by atoms with Gasteiger partial charge in [-0.1, -0.05) is 42.0 Å². The summed E-state index contributed by atoms with van der Waals surface area (Å²) in [4.78, 5) is 23.0. The Morgan fingerprint density at radius 3 is 2.79 bits per heavy atom. The van der Waals surface area contributed by atoms with Crippen LogP contribution in [-0.4, -0.2) is 19.7 Å². The number of fused-ring (bicyclic) bond motifs is 1. The van der Waals surface area contributed by atoms with Crippen molar-refractivity contribution in [2.75, 3.05) is 0 Å². The number of nitrogens with zero attached hydrogens (tertiary/aromatic N) is 4. The first-order valence-electron chi connectivity index (χ1n) is 9.48. The van der Waals surface area contributed by atoms with Crippen LogP contribution < -0.4 is 5.56 Å². The van der Waals surface area contributed by atoms with Crippen molar-refractivity contribution in [2.24, 2.45) is 7.05 Å². The van der Waals surface area contributed by atoms with Gasteiger partial charge in [0.25, 0.3) is 5.56 Å². The molecule has 0 saturated carbocycles. The summed E-state index contributed by atoms with van der Waals surface area (Å²) >= 11 is 2.93. The number of hydrogen-bond acceptors (Lipinski definition) is 7. The second kappa shape index (κ2) is 8.12. The minimum Gasteiger partial charge on any atom is -0.338 e. The molecule has 0 aliphatic heterocycles. The van der Waals surface area contributed by atoms with E-state index >= 15 is 0 Å². The van der Waals surface area contributed by atoms with Crippen LogP contribution in [0.1, 0.15) is 36.2 Å². The van der Waals surface area contributed by atoms with E-state index in [4.69, 9.17) is 9.51 Å². The maximum atomic E-state index is 13.1. The lowest BCUT2D eigenvalue weighted by Crippen LogP contribution is -2.19. The average Bonchev–Trinajstić information content (AvgIpc) is 3.33. The lowest BCUT2D eigenvalue weighted by atomic mass is 10.0. The van der Waals surface area contributed by atoms with Gasteiger partial charge in [-0.05, 0) is 37.0 Å². The molecule has 0 fully saturated rings. The second-order valence-electron chi connectivity index (χ2n) is 7.03. The van der Waals surface area contributed by atoms with Gasteiger partial charge < -0.3 is 4.52 Å². The Balaban J connectivity index is 1.66. The first kappa shape index (κ1) is 19.8. The molecule has 0 atom stereocenters. The highest BCUT2D eigenvalue weighted by Gasteiger charge is 2.17. The Morgan fingerprint density at radius 2 is 2.03 bits per heavy atom. The van der Waals surface area contributed by atoms with E-state index in [1.807, 2.05) is 5.38 Å². The van der Waals surface area contributed by atoms with Crippen LogP contribution in [0.15, 0.2) is 38.1 Å². The first-order valence-corrected chi connectivity index (χ1v) is 11.3. The Bertz CT molecular complexity index is 1240. The van der Waals surface area contributed by atoms with Crippen LogP contribution in [0, 0.1) is 13.8 Å². The third kappa shape index (κ3) is 3.86. The number of aromatic nitrogens is 4. The fourth-order valence-electron chi connectivity index (χ4n) is 3.10. The predicted octanol–water partition coefficient (Wildman–Crippen LogP) is 4.91. The molecular weight excluding hydrogens is 404 g/mol. The van der Waals surface area contributed by atoms with Crippen LogP contribution in [0.25, 0.3) is 21.3 Å². The minimum atomic E-state index is -0.0378. The normalized spacial score (nSPS) is 11.4. The molecule has 150 valence electrons. The highest BCUT2D eigenvalue weighted by molar-refractivity contribution is 7.98.